The van der Waals surface area contributed by atoms with Crippen LogP contribution in [-0.4, -0.2) is 33.6 Å². The number of benzene rings is 2. The van der Waals surface area contributed by atoms with Crippen LogP contribution in [0.1, 0.15) is 50.4 Å². The van der Waals surface area contributed by atoms with Crippen LogP contribution in [0.5, 0.6) is 5.75 Å². The molecular formula is C23H27FN2O4. The van der Waals surface area contributed by atoms with Crippen molar-refractivity contribution in [1.82, 2.24) is 10.2 Å². The Morgan fingerprint density at radius 2 is 1.90 bits per heavy atom. The van der Waals surface area contributed by atoms with E-state index in [-0.39, 0.29) is 18.7 Å². The number of carbonyl (C=O) groups is 2. The molecule has 1 aliphatic rings. The highest BCUT2D eigenvalue weighted by atomic mass is 19.1. The first-order valence-electron chi connectivity index (χ1n) is 9.90. The molecule has 1 heterocycles. The smallest absolute Gasteiger partial charge is 0.411 e. The van der Waals surface area contributed by atoms with Gasteiger partial charge in [-0.1, -0.05) is 24.3 Å². The number of carbonyl (C=O) groups excluding carboxylic acids is 2. The zero-order chi connectivity index (χ0) is 22.1. The van der Waals surface area contributed by atoms with E-state index in [1.165, 1.54) is 11.0 Å². The predicted molar refractivity (Wildman–Crippen MR) is 110 cm³/mol. The molecule has 1 aliphatic heterocycles. The van der Waals surface area contributed by atoms with Crippen LogP contribution in [0.2, 0.25) is 0 Å². The van der Waals surface area contributed by atoms with E-state index in [4.69, 9.17) is 4.74 Å². The maximum absolute atomic E-state index is 14.1. The number of nitrogens with one attached hydrogen (secondary N) is 1. The summed E-state index contributed by atoms with van der Waals surface area (Å²) >= 11 is 0. The summed E-state index contributed by atoms with van der Waals surface area (Å²) in [6.45, 7) is 7.09. The number of hydrogen-bond donors (Lipinski definition) is 2. The Labute approximate surface area is 175 Å². The highest BCUT2D eigenvalue weighted by molar-refractivity contribution is 5.87. The van der Waals surface area contributed by atoms with Gasteiger partial charge >= 0.3 is 6.09 Å². The van der Waals surface area contributed by atoms with Gasteiger partial charge in [0.1, 0.15) is 23.2 Å². The van der Waals surface area contributed by atoms with Gasteiger partial charge in [0.15, 0.2) is 0 Å². The summed E-state index contributed by atoms with van der Waals surface area (Å²) in [6.07, 6.45) is -0.347. The summed E-state index contributed by atoms with van der Waals surface area (Å²) in [5, 5.41) is 12.6. The number of fused-ring (bicyclic) bond motifs is 1. The van der Waals surface area contributed by atoms with Gasteiger partial charge in [0.05, 0.1) is 12.6 Å². The van der Waals surface area contributed by atoms with Crippen LogP contribution in [-0.2, 0) is 22.5 Å². The molecule has 0 radical (unpaired) electrons. The Hall–Kier alpha value is -3.09. The Balaban J connectivity index is 1.86. The Morgan fingerprint density at radius 1 is 1.20 bits per heavy atom. The van der Waals surface area contributed by atoms with E-state index in [9.17, 15) is 19.1 Å². The number of phenols is 1. The third-order valence-corrected chi connectivity index (χ3v) is 4.98. The van der Waals surface area contributed by atoms with Gasteiger partial charge in [0.2, 0.25) is 5.91 Å². The van der Waals surface area contributed by atoms with E-state index in [0.717, 1.165) is 11.1 Å². The van der Waals surface area contributed by atoms with Crippen molar-refractivity contribution in [2.75, 3.05) is 0 Å². The number of ether oxygens (including phenoxy) is 1. The van der Waals surface area contributed by atoms with E-state index in [0.29, 0.717) is 5.56 Å². The lowest BCUT2D eigenvalue weighted by molar-refractivity contribution is -0.127. The lowest BCUT2D eigenvalue weighted by Crippen LogP contribution is -2.54. The molecule has 2 aromatic rings. The van der Waals surface area contributed by atoms with Crippen LogP contribution in [0.15, 0.2) is 42.5 Å². The van der Waals surface area contributed by atoms with E-state index in [2.05, 4.69) is 5.32 Å². The first-order valence-corrected chi connectivity index (χ1v) is 9.90. The molecule has 7 heteroatoms. The van der Waals surface area contributed by atoms with Crippen LogP contribution in [0, 0.1) is 5.82 Å². The molecule has 0 saturated heterocycles. The molecule has 2 amide bonds. The number of aromatic hydroxyl groups is 1. The lowest BCUT2D eigenvalue weighted by atomic mass is 9.93. The largest absolute Gasteiger partial charge is 0.508 e. The summed E-state index contributed by atoms with van der Waals surface area (Å²) in [5.74, 6) is -0.705. The maximum atomic E-state index is 14.1. The molecule has 0 aromatic heterocycles. The quantitative estimate of drug-likeness (QED) is 0.794. The minimum absolute atomic E-state index is 0.0916. The Bertz CT molecular complexity index is 954. The topological polar surface area (TPSA) is 78.9 Å². The van der Waals surface area contributed by atoms with Gasteiger partial charge in [-0.3, -0.25) is 9.69 Å². The monoisotopic (exact) mass is 414 g/mol. The minimum Gasteiger partial charge on any atom is -0.508 e. The molecule has 0 saturated carbocycles. The molecule has 0 aliphatic carbocycles. The van der Waals surface area contributed by atoms with Crippen LogP contribution in [0.4, 0.5) is 9.18 Å². The molecule has 160 valence electrons. The highest BCUT2D eigenvalue weighted by Crippen LogP contribution is 2.28. The van der Waals surface area contributed by atoms with Gasteiger partial charge in [0, 0.05) is 12.0 Å². The van der Waals surface area contributed by atoms with Crippen LogP contribution in [0.25, 0.3) is 0 Å². The fourth-order valence-corrected chi connectivity index (χ4v) is 3.53. The highest BCUT2D eigenvalue weighted by Gasteiger charge is 2.37. The van der Waals surface area contributed by atoms with Crippen molar-refractivity contribution in [2.24, 2.45) is 0 Å². The predicted octanol–water partition coefficient (Wildman–Crippen LogP) is 4.07. The zero-order valence-electron chi connectivity index (χ0n) is 17.6. The Kier molecular flexibility index (Phi) is 6.01. The first kappa shape index (κ1) is 21.6. The molecule has 0 fully saturated rings. The van der Waals surface area contributed by atoms with Crippen LogP contribution >= 0.6 is 0 Å². The van der Waals surface area contributed by atoms with Crippen LogP contribution in [0.3, 0.4) is 0 Å². The minimum atomic E-state index is -0.814. The van der Waals surface area contributed by atoms with Gasteiger partial charge in [-0.15, -0.1) is 0 Å². The second-order valence-corrected chi connectivity index (χ2v) is 8.53. The van der Waals surface area contributed by atoms with Gasteiger partial charge in [0.25, 0.3) is 0 Å². The SMILES string of the molecule is C[C@@H](NC(=O)C1Cc2ccc(O)cc2CN1C(=O)OC(C)(C)C)c1ccccc1F. The molecule has 6 nitrogen and oxygen atoms in total. The van der Waals surface area contributed by atoms with E-state index in [1.807, 2.05) is 0 Å². The Morgan fingerprint density at radius 3 is 2.57 bits per heavy atom. The zero-order valence-corrected chi connectivity index (χ0v) is 17.6. The fourth-order valence-electron chi connectivity index (χ4n) is 3.53. The summed E-state index contributed by atoms with van der Waals surface area (Å²) in [4.78, 5) is 27.3. The normalized spacial score (nSPS) is 17.1. The molecule has 3 rings (SSSR count). The molecule has 2 N–H and O–H groups in total. The van der Waals surface area contributed by atoms with Crippen molar-refractivity contribution < 1.29 is 23.8 Å². The molecular weight excluding hydrogens is 387 g/mol. The number of phenolic OH excluding ortho intramolecular Hbond substituents is 1. The molecule has 1 unspecified atom stereocenters. The third-order valence-electron chi connectivity index (χ3n) is 4.98. The molecule has 2 atom stereocenters. The lowest BCUT2D eigenvalue weighted by Gasteiger charge is -2.37. The van der Waals surface area contributed by atoms with Crippen molar-refractivity contribution >= 4 is 12.0 Å². The van der Waals surface area contributed by atoms with Crippen LogP contribution < -0.4 is 5.32 Å². The van der Waals surface area contributed by atoms with E-state index in [1.54, 1.807) is 64.1 Å². The van der Waals surface area contributed by atoms with E-state index >= 15 is 0 Å². The average Bonchev–Trinajstić information content (AvgIpc) is 2.65. The van der Waals surface area contributed by atoms with Crippen molar-refractivity contribution in [3.8, 4) is 5.75 Å². The number of halogens is 1. The molecule has 2 aromatic carbocycles. The second kappa shape index (κ2) is 8.34. The number of nitrogens with zero attached hydrogens (tertiary/aromatic N) is 1. The van der Waals surface area contributed by atoms with Crippen molar-refractivity contribution in [1.29, 1.82) is 0 Å². The summed E-state index contributed by atoms with van der Waals surface area (Å²) in [6, 6.07) is 9.76. The van der Waals surface area contributed by atoms with Gasteiger partial charge in [-0.25, -0.2) is 9.18 Å². The molecule has 30 heavy (non-hydrogen) atoms. The number of amides is 2. The fraction of sp³-hybridized carbons (Fsp3) is 0.391. The van der Waals surface area contributed by atoms with Crippen molar-refractivity contribution in [2.45, 2.75) is 58.3 Å². The summed E-state index contributed by atoms with van der Waals surface area (Å²) in [7, 11) is 0. The number of hydrogen-bond acceptors (Lipinski definition) is 4. The van der Waals surface area contributed by atoms with Crippen molar-refractivity contribution in [3.63, 3.8) is 0 Å². The van der Waals surface area contributed by atoms with Crippen molar-refractivity contribution in [3.05, 3.63) is 65.0 Å². The molecule has 0 spiro atoms. The first-order chi connectivity index (χ1) is 14.0. The average molecular weight is 414 g/mol. The van der Waals surface area contributed by atoms with Gasteiger partial charge in [-0.2, -0.15) is 0 Å². The number of rotatable bonds is 3. The van der Waals surface area contributed by atoms with E-state index < -0.39 is 35.5 Å². The van der Waals surface area contributed by atoms with Gasteiger partial charge < -0.3 is 15.2 Å². The summed E-state index contributed by atoms with van der Waals surface area (Å²) in [5.41, 5.74) is 1.27. The summed E-state index contributed by atoms with van der Waals surface area (Å²) < 4.78 is 19.6. The van der Waals surface area contributed by atoms with Gasteiger partial charge in [-0.05, 0) is 57.0 Å². The second-order valence-electron chi connectivity index (χ2n) is 8.53. The maximum Gasteiger partial charge on any atom is 0.411 e. The third kappa shape index (κ3) is 4.90. The molecule has 0 bridgehead atoms. The standard InChI is InChI=1S/C23H27FN2O4/c1-14(18-7-5-6-8-19(18)24)25-21(28)20-12-15-9-10-17(27)11-16(15)13-26(20)22(29)30-23(2,3)4/h5-11,14,20,27H,12-13H2,1-4H3,(H,25,28)/t14-,20?/m1/s1.